The van der Waals surface area contributed by atoms with Crippen molar-refractivity contribution in [3.05, 3.63) is 47.8 Å². The molecule has 0 saturated heterocycles. The number of hydrogen-bond acceptors (Lipinski definition) is 5. The van der Waals surface area contributed by atoms with Gasteiger partial charge in [-0.2, -0.15) is 0 Å². The van der Waals surface area contributed by atoms with Crippen LogP contribution < -0.4 is 4.74 Å². The van der Waals surface area contributed by atoms with Crippen LogP contribution in [0.15, 0.2) is 41.8 Å². The van der Waals surface area contributed by atoms with E-state index in [1.807, 2.05) is 6.07 Å². The summed E-state index contributed by atoms with van der Waals surface area (Å²) in [5.74, 6) is -0.0363. The van der Waals surface area contributed by atoms with Crippen molar-refractivity contribution in [1.29, 1.82) is 0 Å². The Balaban J connectivity index is 2.13. The van der Waals surface area contributed by atoms with Gasteiger partial charge in [0.2, 0.25) is 0 Å². The zero-order valence-corrected chi connectivity index (χ0v) is 11.1. The van der Waals surface area contributed by atoms with Gasteiger partial charge in [0.05, 0.1) is 7.11 Å². The topological polar surface area (TPSA) is 72.3 Å². The Labute approximate surface area is 114 Å². The maximum absolute atomic E-state index is 11.1. The molecule has 0 aliphatic carbocycles. The highest BCUT2D eigenvalue weighted by molar-refractivity contribution is 7.98. The summed E-state index contributed by atoms with van der Waals surface area (Å²) in [6.45, 7) is 0. The highest BCUT2D eigenvalue weighted by Gasteiger charge is 2.11. The molecular formula is C13H12N2O3S. The van der Waals surface area contributed by atoms with Gasteiger partial charge in [-0.3, -0.25) is 0 Å². The molecule has 0 saturated carbocycles. The van der Waals surface area contributed by atoms with E-state index in [1.165, 1.54) is 18.9 Å². The number of methoxy groups -OCH3 is 1. The van der Waals surface area contributed by atoms with Crippen molar-refractivity contribution in [2.24, 2.45) is 0 Å². The van der Waals surface area contributed by atoms with Crippen LogP contribution in [0, 0.1) is 0 Å². The summed E-state index contributed by atoms with van der Waals surface area (Å²) in [5, 5.41) is 9.76. The van der Waals surface area contributed by atoms with Gasteiger partial charge < -0.3 is 9.84 Å². The van der Waals surface area contributed by atoms with Crippen molar-refractivity contribution >= 4 is 17.7 Å². The van der Waals surface area contributed by atoms with Gasteiger partial charge >= 0.3 is 5.97 Å². The minimum absolute atomic E-state index is 0.162. The number of aromatic carboxylic acids is 1. The predicted molar refractivity (Wildman–Crippen MR) is 71.5 cm³/mol. The number of nitrogens with zero attached hydrogens (tertiary/aromatic N) is 2. The van der Waals surface area contributed by atoms with Crippen LogP contribution in [0.5, 0.6) is 5.75 Å². The number of thioether (sulfide) groups is 1. The van der Waals surface area contributed by atoms with Crippen LogP contribution in [-0.2, 0) is 5.75 Å². The lowest BCUT2D eigenvalue weighted by Gasteiger charge is -2.07. The highest BCUT2D eigenvalue weighted by Crippen LogP contribution is 2.24. The van der Waals surface area contributed by atoms with Crippen LogP contribution in [-0.4, -0.2) is 28.2 Å². The van der Waals surface area contributed by atoms with E-state index >= 15 is 0 Å². The second-order valence-corrected chi connectivity index (χ2v) is 4.60. The first-order valence-electron chi connectivity index (χ1n) is 5.50. The number of rotatable bonds is 5. The number of hydrogen-bond donors (Lipinski definition) is 1. The molecule has 2 rings (SSSR count). The lowest BCUT2D eigenvalue weighted by atomic mass is 10.1. The first-order chi connectivity index (χ1) is 9.20. The van der Waals surface area contributed by atoms with Gasteiger partial charge in [-0.15, -0.1) is 0 Å². The Morgan fingerprint density at radius 2 is 2.11 bits per heavy atom. The van der Waals surface area contributed by atoms with Crippen LogP contribution >= 0.6 is 11.8 Å². The van der Waals surface area contributed by atoms with Crippen molar-refractivity contribution in [1.82, 2.24) is 9.97 Å². The molecule has 0 spiro atoms. The van der Waals surface area contributed by atoms with Gasteiger partial charge in [0.1, 0.15) is 11.3 Å². The van der Waals surface area contributed by atoms with E-state index in [0.717, 1.165) is 5.56 Å². The van der Waals surface area contributed by atoms with Gasteiger partial charge in [-0.1, -0.05) is 17.8 Å². The minimum atomic E-state index is -1.00. The normalized spacial score (nSPS) is 10.2. The van der Waals surface area contributed by atoms with Crippen LogP contribution in [0.25, 0.3) is 0 Å². The molecule has 0 unspecified atom stereocenters. The Kier molecular flexibility index (Phi) is 4.35. The van der Waals surface area contributed by atoms with E-state index in [0.29, 0.717) is 16.7 Å². The molecule has 0 radical (unpaired) electrons. The molecule has 0 bridgehead atoms. The van der Waals surface area contributed by atoms with Gasteiger partial charge in [0.25, 0.3) is 0 Å². The fraction of sp³-hybridized carbons (Fsp3) is 0.154. The van der Waals surface area contributed by atoms with Crippen LogP contribution in [0.1, 0.15) is 15.9 Å². The first kappa shape index (κ1) is 13.4. The smallest absolute Gasteiger partial charge is 0.339 e. The molecule has 1 aromatic carbocycles. The molecule has 2 aromatic rings. The standard InChI is InChI=1S/C13H12N2O3S/c1-18-11-4-3-9(7-10(11)12(16)17)8-19-13-14-5-2-6-15-13/h2-7H,8H2,1H3,(H,16,17). The summed E-state index contributed by atoms with van der Waals surface area (Å²) in [5.41, 5.74) is 1.05. The summed E-state index contributed by atoms with van der Waals surface area (Å²) in [6.07, 6.45) is 3.35. The van der Waals surface area contributed by atoms with Crippen LogP contribution in [0.3, 0.4) is 0 Å². The molecule has 98 valence electrons. The zero-order valence-electron chi connectivity index (χ0n) is 10.2. The molecular weight excluding hydrogens is 264 g/mol. The summed E-state index contributed by atoms with van der Waals surface area (Å²) in [6, 6.07) is 6.85. The Morgan fingerprint density at radius 1 is 1.37 bits per heavy atom. The average molecular weight is 276 g/mol. The lowest BCUT2D eigenvalue weighted by molar-refractivity contribution is 0.0693. The monoisotopic (exact) mass is 276 g/mol. The van der Waals surface area contributed by atoms with E-state index in [-0.39, 0.29) is 5.56 Å². The fourth-order valence-corrected chi connectivity index (χ4v) is 2.27. The van der Waals surface area contributed by atoms with Crippen LogP contribution in [0.2, 0.25) is 0 Å². The molecule has 19 heavy (non-hydrogen) atoms. The van der Waals surface area contributed by atoms with E-state index < -0.39 is 5.97 Å². The molecule has 0 aliphatic rings. The fourth-order valence-electron chi connectivity index (χ4n) is 1.52. The molecule has 1 N–H and O–H groups in total. The van der Waals surface area contributed by atoms with Gasteiger partial charge in [-0.25, -0.2) is 14.8 Å². The van der Waals surface area contributed by atoms with Crippen molar-refractivity contribution in [2.45, 2.75) is 10.9 Å². The van der Waals surface area contributed by atoms with Crippen molar-refractivity contribution in [2.75, 3.05) is 7.11 Å². The number of carboxylic acids is 1. The molecule has 1 aromatic heterocycles. The molecule has 0 amide bonds. The Hall–Kier alpha value is -2.08. The molecule has 6 heteroatoms. The van der Waals surface area contributed by atoms with E-state index in [9.17, 15) is 4.79 Å². The summed E-state index contributed by atoms with van der Waals surface area (Å²) in [7, 11) is 1.45. The number of carbonyl (C=O) groups is 1. The average Bonchev–Trinajstić information content (AvgIpc) is 2.46. The summed E-state index contributed by atoms with van der Waals surface area (Å²) >= 11 is 1.45. The molecule has 1 heterocycles. The molecule has 0 fully saturated rings. The summed E-state index contributed by atoms with van der Waals surface area (Å²) in [4.78, 5) is 19.3. The van der Waals surface area contributed by atoms with Gasteiger partial charge in [-0.05, 0) is 23.8 Å². The third kappa shape index (κ3) is 3.45. The van der Waals surface area contributed by atoms with Crippen molar-refractivity contribution < 1.29 is 14.6 Å². The second kappa shape index (κ2) is 6.19. The third-order valence-corrected chi connectivity index (χ3v) is 3.35. The number of benzene rings is 1. The SMILES string of the molecule is COc1ccc(CSc2ncccn2)cc1C(=O)O. The van der Waals surface area contributed by atoms with E-state index in [1.54, 1.807) is 30.6 Å². The third-order valence-electron chi connectivity index (χ3n) is 2.40. The number of carboxylic acid groups (broad SMARTS) is 1. The molecule has 5 nitrogen and oxygen atoms in total. The zero-order chi connectivity index (χ0) is 13.7. The quantitative estimate of drug-likeness (QED) is 0.668. The van der Waals surface area contributed by atoms with Gasteiger partial charge in [0.15, 0.2) is 5.16 Å². The minimum Gasteiger partial charge on any atom is -0.496 e. The molecule has 0 atom stereocenters. The predicted octanol–water partition coefficient (Wildman–Crippen LogP) is 2.48. The summed E-state index contributed by atoms with van der Waals surface area (Å²) < 4.78 is 5.01. The van der Waals surface area contributed by atoms with Crippen molar-refractivity contribution in [3.63, 3.8) is 0 Å². The Morgan fingerprint density at radius 3 is 2.74 bits per heavy atom. The largest absolute Gasteiger partial charge is 0.496 e. The van der Waals surface area contributed by atoms with E-state index in [2.05, 4.69) is 9.97 Å². The first-order valence-corrected chi connectivity index (χ1v) is 6.49. The molecule has 0 aliphatic heterocycles. The van der Waals surface area contributed by atoms with Gasteiger partial charge in [0, 0.05) is 18.1 Å². The maximum Gasteiger partial charge on any atom is 0.339 e. The second-order valence-electron chi connectivity index (χ2n) is 3.66. The van der Waals surface area contributed by atoms with E-state index in [4.69, 9.17) is 9.84 Å². The van der Waals surface area contributed by atoms with Crippen LogP contribution in [0.4, 0.5) is 0 Å². The highest BCUT2D eigenvalue weighted by atomic mass is 32.2. The number of ether oxygens (including phenoxy) is 1. The van der Waals surface area contributed by atoms with Crippen molar-refractivity contribution in [3.8, 4) is 5.75 Å². The lowest BCUT2D eigenvalue weighted by Crippen LogP contribution is -2.01. The Bertz CT molecular complexity index is 575. The number of aromatic nitrogens is 2. The maximum atomic E-state index is 11.1.